The van der Waals surface area contributed by atoms with Crippen molar-refractivity contribution in [2.45, 2.75) is 32.6 Å². The largest absolute Gasteiger partial charge is 0.356 e. The predicted molar refractivity (Wildman–Crippen MR) is 71.4 cm³/mol. The number of amides is 1. The summed E-state index contributed by atoms with van der Waals surface area (Å²) in [4.78, 5) is 12.2. The lowest BCUT2D eigenvalue weighted by Gasteiger charge is -2.35. The molecular weight excluding hydrogens is 236 g/mol. The van der Waals surface area contributed by atoms with Crippen molar-refractivity contribution in [3.63, 3.8) is 0 Å². The van der Waals surface area contributed by atoms with Crippen LogP contribution in [0.1, 0.15) is 32.6 Å². The minimum atomic E-state index is -0.761. The van der Waals surface area contributed by atoms with E-state index in [2.05, 4.69) is 17.6 Å². The molecule has 2 N–H and O–H groups in total. The Morgan fingerprint density at radius 3 is 2.82 bits per heavy atom. The first kappa shape index (κ1) is 14.6. The number of nitrogens with one attached hydrogen (secondary N) is 2. The summed E-state index contributed by atoms with van der Waals surface area (Å²) in [5, 5.41) is 6.29. The van der Waals surface area contributed by atoms with Gasteiger partial charge in [-0.3, -0.25) is 9.00 Å². The van der Waals surface area contributed by atoms with E-state index in [0.29, 0.717) is 12.3 Å². The van der Waals surface area contributed by atoms with Gasteiger partial charge in [0.05, 0.1) is 5.41 Å². The molecule has 1 aliphatic heterocycles. The minimum absolute atomic E-state index is 0.161. The van der Waals surface area contributed by atoms with Gasteiger partial charge in [-0.15, -0.1) is 0 Å². The number of carbonyl (C=O) groups excluding carboxylic acids is 1. The highest BCUT2D eigenvalue weighted by atomic mass is 32.2. The fourth-order valence-corrected chi connectivity index (χ4v) is 2.84. The molecular formula is C12H24N2O2S. The smallest absolute Gasteiger partial charge is 0.227 e. The lowest BCUT2D eigenvalue weighted by molar-refractivity contribution is -0.132. The van der Waals surface area contributed by atoms with Gasteiger partial charge in [0, 0.05) is 35.9 Å². The van der Waals surface area contributed by atoms with Crippen LogP contribution in [0.15, 0.2) is 0 Å². The molecule has 1 rings (SSSR count). The Morgan fingerprint density at radius 2 is 2.29 bits per heavy atom. The Balaban J connectivity index is 2.36. The van der Waals surface area contributed by atoms with Crippen molar-refractivity contribution in [3.8, 4) is 0 Å². The van der Waals surface area contributed by atoms with E-state index in [4.69, 9.17) is 0 Å². The quantitative estimate of drug-likeness (QED) is 0.690. The molecule has 4 nitrogen and oxygen atoms in total. The molecule has 5 heteroatoms. The molecule has 0 aromatic rings. The predicted octanol–water partition coefficient (Wildman–Crippen LogP) is 0.651. The highest BCUT2D eigenvalue weighted by Crippen LogP contribution is 2.30. The maximum absolute atomic E-state index is 12.2. The number of piperidine rings is 1. The van der Waals surface area contributed by atoms with Crippen LogP contribution in [0, 0.1) is 5.41 Å². The highest BCUT2D eigenvalue weighted by Gasteiger charge is 2.37. The molecule has 100 valence electrons. The Hall–Kier alpha value is -0.420. The molecule has 0 aliphatic carbocycles. The average molecular weight is 260 g/mol. The van der Waals surface area contributed by atoms with Crippen molar-refractivity contribution >= 4 is 16.7 Å². The molecule has 0 aromatic carbocycles. The second-order valence-electron chi connectivity index (χ2n) is 4.80. The molecule has 0 aromatic heterocycles. The van der Waals surface area contributed by atoms with E-state index in [1.54, 1.807) is 6.26 Å². The van der Waals surface area contributed by atoms with E-state index in [-0.39, 0.29) is 11.3 Å². The van der Waals surface area contributed by atoms with Crippen LogP contribution in [0.3, 0.4) is 0 Å². The zero-order chi connectivity index (χ0) is 12.7. The molecule has 0 bridgehead atoms. The molecule has 0 radical (unpaired) electrons. The SMILES string of the molecule is CCC1(C(=O)NCCCS(C)=O)CCCNC1. The molecule has 2 unspecified atom stereocenters. The van der Waals surface area contributed by atoms with Gasteiger partial charge in [-0.1, -0.05) is 6.92 Å². The van der Waals surface area contributed by atoms with Gasteiger partial charge in [-0.25, -0.2) is 0 Å². The average Bonchev–Trinajstić information content (AvgIpc) is 2.35. The summed E-state index contributed by atoms with van der Waals surface area (Å²) in [7, 11) is -0.761. The zero-order valence-electron chi connectivity index (χ0n) is 10.9. The Kier molecular flexibility index (Phi) is 6.12. The Bertz CT molecular complexity index is 276. The number of carbonyl (C=O) groups is 1. The van der Waals surface area contributed by atoms with E-state index in [0.717, 1.165) is 38.8 Å². The van der Waals surface area contributed by atoms with Gasteiger partial charge in [0.1, 0.15) is 0 Å². The van der Waals surface area contributed by atoms with Gasteiger partial charge >= 0.3 is 0 Å². The third kappa shape index (κ3) is 4.39. The molecule has 1 aliphatic rings. The molecule has 2 atom stereocenters. The Morgan fingerprint density at radius 1 is 1.53 bits per heavy atom. The molecule has 0 saturated carbocycles. The van der Waals surface area contributed by atoms with E-state index in [9.17, 15) is 9.00 Å². The van der Waals surface area contributed by atoms with Gasteiger partial charge < -0.3 is 10.6 Å². The summed E-state index contributed by atoms with van der Waals surface area (Å²) in [5.74, 6) is 0.826. The normalized spacial score (nSPS) is 26.5. The summed E-state index contributed by atoms with van der Waals surface area (Å²) < 4.78 is 10.9. The van der Waals surface area contributed by atoms with Crippen molar-refractivity contribution in [1.82, 2.24) is 10.6 Å². The summed E-state index contributed by atoms with van der Waals surface area (Å²) in [6.45, 7) is 4.52. The lowest BCUT2D eigenvalue weighted by atomic mass is 9.77. The fourth-order valence-electron chi connectivity index (χ4n) is 2.29. The lowest BCUT2D eigenvalue weighted by Crippen LogP contribution is -2.50. The maximum Gasteiger partial charge on any atom is 0.227 e. The van der Waals surface area contributed by atoms with E-state index in [1.165, 1.54) is 0 Å². The van der Waals surface area contributed by atoms with Gasteiger partial charge in [0.25, 0.3) is 0 Å². The van der Waals surface area contributed by atoms with E-state index < -0.39 is 10.8 Å². The fraction of sp³-hybridized carbons (Fsp3) is 0.917. The number of hydrogen-bond donors (Lipinski definition) is 2. The molecule has 1 saturated heterocycles. The monoisotopic (exact) mass is 260 g/mol. The summed E-state index contributed by atoms with van der Waals surface area (Å²) >= 11 is 0. The molecule has 1 heterocycles. The zero-order valence-corrected chi connectivity index (χ0v) is 11.7. The van der Waals surface area contributed by atoms with E-state index >= 15 is 0 Å². The van der Waals surface area contributed by atoms with Crippen LogP contribution in [0.2, 0.25) is 0 Å². The van der Waals surface area contributed by atoms with Crippen molar-refractivity contribution in [1.29, 1.82) is 0 Å². The topological polar surface area (TPSA) is 58.2 Å². The van der Waals surface area contributed by atoms with Gasteiger partial charge in [-0.2, -0.15) is 0 Å². The standard InChI is InChI=1S/C12H24N2O2S/c1-3-12(6-4-7-13-10-12)11(15)14-8-5-9-17(2)16/h13H,3-10H2,1-2H3,(H,14,15). The van der Waals surface area contributed by atoms with E-state index in [1.807, 2.05) is 0 Å². The third-order valence-corrected chi connectivity index (χ3v) is 4.39. The van der Waals surface area contributed by atoms with Crippen molar-refractivity contribution < 1.29 is 9.00 Å². The Labute approximate surface area is 106 Å². The number of rotatable bonds is 6. The van der Waals surface area contributed by atoms with Crippen LogP contribution >= 0.6 is 0 Å². The van der Waals surface area contributed by atoms with Crippen LogP contribution in [0.4, 0.5) is 0 Å². The van der Waals surface area contributed by atoms with Crippen LogP contribution in [0.25, 0.3) is 0 Å². The van der Waals surface area contributed by atoms with Crippen LogP contribution in [-0.2, 0) is 15.6 Å². The molecule has 0 spiro atoms. The first-order valence-corrected chi connectivity index (χ1v) is 8.12. The van der Waals surface area contributed by atoms with Crippen molar-refractivity contribution in [2.75, 3.05) is 31.6 Å². The van der Waals surface area contributed by atoms with Gasteiger partial charge in [0.2, 0.25) is 5.91 Å². The third-order valence-electron chi connectivity index (χ3n) is 3.52. The number of hydrogen-bond acceptors (Lipinski definition) is 3. The highest BCUT2D eigenvalue weighted by molar-refractivity contribution is 7.84. The van der Waals surface area contributed by atoms with Crippen LogP contribution < -0.4 is 10.6 Å². The maximum atomic E-state index is 12.2. The molecule has 1 fully saturated rings. The molecule has 17 heavy (non-hydrogen) atoms. The first-order valence-electron chi connectivity index (χ1n) is 6.40. The second kappa shape index (κ2) is 7.11. The summed E-state index contributed by atoms with van der Waals surface area (Å²) in [6.07, 6.45) is 5.41. The first-order chi connectivity index (χ1) is 8.10. The second-order valence-corrected chi connectivity index (χ2v) is 6.36. The van der Waals surface area contributed by atoms with Gasteiger partial charge in [-0.05, 0) is 32.2 Å². The summed E-state index contributed by atoms with van der Waals surface area (Å²) in [6, 6.07) is 0. The molecule has 1 amide bonds. The summed E-state index contributed by atoms with van der Waals surface area (Å²) in [5.41, 5.74) is -0.219. The minimum Gasteiger partial charge on any atom is -0.356 e. The van der Waals surface area contributed by atoms with Gasteiger partial charge in [0.15, 0.2) is 0 Å². The van der Waals surface area contributed by atoms with Crippen molar-refractivity contribution in [2.24, 2.45) is 5.41 Å². The van der Waals surface area contributed by atoms with Crippen LogP contribution in [-0.4, -0.2) is 41.8 Å². The van der Waals surface area contributed by atoms with Crippen molar-refractivity contribution in [3.05, 3.63) is 0 Å². The van der Waals surface area contributed by atoms with Crippen LogP contribution in [0.5, 0.6) is 0 Å².